The number of fused-ring (bicyclic) bond motifs is 1. The zero-order chi connectivity index (χ0) is 20.1. The molecule has 0 aromatic carbocycles. The number of amides is 1. The van der Waals surface area contributed by atoms with E-state index in [2.05, 4.69) is 25.7 Å². The molecule has 8 heteroatoms. The molecule has 0 saturated carbocycles. The van der Waals surface area contributed by atoms with E-state index in [9.17, 15) is 4.79 Å². The summed E-state index contributed by atoms with van der Waals surface area (Å²) in [5.74, 6) is 0. The molecule has 1 spiro atoms. The molecule has 0 radical (unpaired) electrons. The maximum absolute atomic E-state index is 12.4. The monoisotopic (exact) mass is 455 g/mol. The van der Waals surface area contributed by atoms with Crippen LogP contribution >= 0.6 is 15.9 Å². The quantitative estimate of drug-likeness (QED) is 0.638. The Morgan fingerprint density at radius 2 is 2.00 bits per heavy atom. The molecule has 3 heterocycles. The van der Waals surface area contributed by atoms with Crippen LogP contribution in [0.25, 0.3) is 0 Å². The first-order valence-electron chi connectivity index (χ1n) is 10.0. The smallest absolute Gasteiger partial charge is 0.410 e. The average molecular weight is 456 g/mol. The van der Waals surface area contributed by atoms with Gasteiger partial charge in [0.2, 0.25) is 0 Å². The number of hydrogen-bond donors (Lipinski definition) is 0. The van der Waals surface area contributed by atoms with Crippen LogP contribution in [0.4, 0.5) is 4.79 Å². The van der Waals surface area contributed by atoms with Crippen molar-refractivity contribution in [3.63, 3.8) is 0 Å². The van der Waals surface area contributed by atoms with E-state index in [1.807, 2.05) is 31.9 Å². The highest BCUT2D eigenvalue weighted by Crippen LogP contribution is 2.52. The molecule has 1 amide bonds. The third-order valence-corrected chi connectivity index (χ3v) is 7.66. The average Bonchev–Trinajstić information content (AvgIpc) is 2.96. The molecule has 156 valence electrons. The van der Waals surface area contributed by atoms with Gasteiger partial charge in [0.05, 0.1) is 36.0 Å². The van der Waals surface area contributed by atoms with Gasteiger partial charge >= 0.3 is 6.09 Å². The molecular weight excluding hydrogens is 426 g/mol. The molecule has 4 rings (SSSR count). The Labute approximate surface area is 174 Å². The second-order valence-corrected chi connectivity index (χ2v) is 10.2. The van der Waals surface area contributed by atoms with E-state index in [4.69, 9.17) is 14.2 Å². The van der Waals surface area contributed by atoms with Crippen molar-refractivity contribution in [3.8, 4) is 0 Å². The molecule has 1 aliphatic carbocycles. The number of piperidine rings is 1. The van der Waals surface area contributed by atoms with Gasteiger partial charge in [-0.1, -0.05) is 15.9 Å². The molecule has 0 N–H and O–H groups in total. The van der Waals surface area contributed by atoms with Gasteiger partial charge in [0.15, 0.2) is 0 Å². The minimum Gasteiger partial charge on any atom is -0.444 e. The first-order valence-corrected chi connectivity index (χ1v) is 10.9. The van der Waals surface area contributed by atoms with Gasteiger partial charge in [-0.25, -0.2) is 4.79 Å². The Kier molecular flexibility index (Phi) is 5.25. The summed E-state index contributed by atoms with van der Waals surface area (Å²) < 4.78 is 19.0. The number of methoxy groups -OCH3 is 1. The molecule has 3 aliphatic rings. The summed E-state index contributed by atoms with van der Waals surface area (Å²) in [5, 5.41) is 4.67. The first-order chi connectivity index (χ1) is 13.2. The number of halogens is 1. The Morgan fingerprint density at radius 1 is 1.32 bits per heavy atom. The molecular formula is C20H30BrN3O4. The zero-order valence-electron chi connectivity index (χ0n) is 17.1. The van der Waals surface area contributed by atoms with Crippen LogP contribution < -0.4 is 0 Å². The van der Waals surface area contributed by atoms with Gasteiger partial charge in [0.25, 0.3) is 0 Å². The predicted molar refractivity (Wildman–Crippen MR) is 108 cm³/mol. The van der Waals surface area contributed by atoms with Crippen LogP contribution in [0.2, 0.25) is 0 Å². The number of rotatable bonds is 2. The van der Waals surface area contributed by atoms with Crippen molar-refractivity contribution in [2.24, 2.45) is 5.41 Å². The lowest BCUT2D eigenvalue weighted by Gasteiger charge is -2.49. The van der Waals surface area contributed by atoms with Crippen molar-refractivity contribution in [2.45, 2.75) is 62.6 Å². The predicted octanol–water partition coefficient (Wildman–Crippen LogP) is 3.48. The van der Waals surface area contributed by atoms with Crippen molar-refractivity contribution in [3.05, 3.63) is 17.5 Å². The largest absolute Gasteiger partial charge is 0.444 e. The lowest BCUT2D eigenvalue weighted by Crippen LogP contribution is -2.52. The molecule has 0 bridgehead atoms. The van der Waals surface area contributed by atoms with Crippen LogP contribution in [-0.2, 0) is 20.6 Å². The Bertz CT molecular complexity index is 732. The van der Waals surface area contributed by atoms with E-state index in [0.29, 0.717) is 32.3 Å². The van der Waals surface area contributed by atoms with Gasteiger partial charge in [-0.05, 0) is 51.0 Å². The Hall–Kier alpha value is -1.12. The van der Waals surface area contributed by atoms with Crippen molar-refractivity contribution >= 4 is 22.0 Å². The lowest BCUT2D eigenvalue weighted by molar-refractivity contribution is -0.0393. The standard InChI is InChI=1S/C20H30BrN3O4/c1-19(2,3)28-18(25)23-7-5-20(6-8-23)9-13-10-22-24(14-11-27-12-14)15(13)16(26-4)17(20)21/h10,14,16-17H,5-9,11-12H2,1-4H3. The highest BCUT2D eigenvalue weighted by molar-refractivity contribution is 9.09. The molecule has 1 aromatic heterocycles. The van der Waals surface area contributed by atoms with Crippen LogP contribution in [0.15, 0.2) is 6.20 Å². The topological polar surface area (TPSA) is 65.8 Å². The zero-order valence-corrected chi connectivity index (χ0v) is 18.7. The summed E-state index contributed by atoms with van der Waals surface area (Å²) in [4.78, 5) is 14.5. The summed E-state index contributed by atoms with van der Waals surface area (Å²) in [6.45, 7) is 8.55. The number of hydrogen-bond acceptors (Lipinski definition) is 5. The number of aromatic nitrogens is 2. The van der Waals surface area contributed by atoms with Gasteiger partial charge in [-0.15, -0.1) is 0 Å². The minimum absolute atomic E-state index is 0.0518. The highest BCUT2D eigenvalue weighted by atomic mass is 79.9. The van der Waals surface area contributed by atoms with E-state index in [0.717, 1.165) is 19.3 Å². The number of alkyl halides is 1. The van der Waals surface area contributed by atoms with Crippen LogP contribution in [0.1, 0.15) is 57.0 Å². The highest BCUT2D eigenvalue weighted by Gasteiger charge is 2.51. The third kappa shape index (κ3) is 3.48. The van der Waals surface area contributed by atoms with Crippen LogP contribution in [-0.4, -0.2) is 64.6 Å². The molecule has 2 atom stereocenters. The van der Waals surface area contributed by atoms with E-state index in [1.165, 1.54) is 11.3 Å². The number of likely N-dealkylation sites (tertiary alicyclic amines) is 1. The maximum Gasteiger partial charge on any atom is 0.410 e. The van der Waals surface area contributed by atoms with E-state index in [-0.39, 0.29) is 22.4 Å². The van der Waals surface area contributed by atoms with E-state index in [1.54, 1.807) is 7.11 Å². The molecule has 2 aliphatic heterocycles. The maximum atomic E-state index is 12.4. The normalized spacial score (nSPS) is 27.4. The molecule has 28 heavy (non-hydrogen) atoms. The summed E-state index contributed by atoms with van der Waals surface area (Å²) in [6.07, 6.45) is 4.51. The first kappa shape index (κ1) is 20.2. The number of carbonyl (C=O) groups excluding carboxylic acids is 1. The van der Waals surface area contributed by atoms with E-state index >= 15 is 0 Å². The molecule has 2 unspecified atom stereocenters. The fourth-order valence-corrected chi connectivity index (χ4v) is 5.68. The number of ether oxygens (including phenoxy) is 3. The summed E-state index contributed by atoms with van der Waals surface area (Å²) in [5.41, 5.74) is 2.03. The molecule has 7 nitrogen and oxygen atoms in total. The van der Waals surface area contributed by atoms with Crippen molar-refractivity contribution in [2.75, 3.05) is 33.4 Å². The third-order valence-electron chi connectivity index (χ3n) is 6.21. The van der Waals surface area contributed by atoms with Gasteiger partial charge in [-0.2, -0.15) is 5.10 Å². The summed E-state index contributed by atoms with van der Waals surface area (Å²) in [6, 6.07) is 0.309. The van der Waals surface area contributed by atoms with Crippen LogP contribution in [0.3, 0.4) is 0 Å². The molecule has 2 saturated heterocycles. The van der Waals surface area contributed by atoms with E-state index < -0.39 is 5.60 Å². The van der Waals surface area contributed by atoms with Crippen LogP contribution in [0.5, 0.6) is 0 Å². The summed E-state index contributed by atoms with van der Waals surface area (Å²) >= 11 is 3.99. The van der Waals surface area contributed by atoms with Crippen molar-refractivity contribution < 1.29 is 19.0 Å². The summed E-state index contributed by atoms with van der Waals surface area (Å²) in [7, 11) is 1.77. The second kappa shape index (κ2) is 7.29. The van der Waals surface area contributed by atoms with Gasteiger partial charge in [0.1, 0.15) is 11.7 Å². The number of carbonyl (C=O) groups is 1. The fourth-order valence-electron chi connectivity index (χ4n) is 4.59. The SMILES string of the molecule is COC1c2c(cnn2C2COC2)CC2(CCN(C(=O)OC(C)(C)C)CC2)C1Br. The lowest BCUT2D eigenvalue weighted by atomic mass is 9.66. The number of nitrogens with zero attached hydrogens (tertiary/aromatic N) is 3. The Morgan fingerprint density at radius 3 is 2.54 bits per heavy atom. The van der Waals surface area contributed by atoms with Crippen LogP contribution in [0, 0.1) is 5.41 Å². The van der Waals surface area contributed by atoms with Crippen molar-refractivity contribution in [1.82, 2.24) is 14.7 Å². The van der Waals surface area contributed by atoms with Gasteiger partial charge in [-0.3, -0.25) is 4.68 Å². The second-order valence-electron chi connectivity index (χ2n) is 9.26. The molecule has 2 fully saturated rings. The van der Waals surface area contributed by atoms with Gasteiger partial charge < -0.3 is 19.1 Å². The minimum atomic E-state index is -0.467. The molecule has 1 aromatic rings. The van der Waals surface area contributed by atoms with Gasteiger partial charge in [0, 0.05) is 20.2 Å². The Balaban J connectivity index is 1.52. The fraction of sp³-hybridized carbons (Fsp3) is 0.800. The van der Waals surface area contributed by atoms with Crippen molar-refractivity contribution in [1.29, 1.82) is 0 Å².